The van der Waals surface area contributed by atoms with Gasteiger partial charge in [-0.05, 0) is 29.7 Å². The highest BCUT2D eigenvalue weighted by Crippen LogP contribution is 2.15. The summed E-state index contributed by atoms with van der Waals surface area (Å²) in [6.07, 6.45) is 5.93. The Morgan fingerprint density at radius 3 is 2.50 bits per heavy atom. The van der Waals surface area contributed by atoms with Crippen LogP contribution in [0.4, 0.5) is 5.69 Å². The summed E-state index contributed by atoms with van der Waals surface area (Å²) in [6, 6.07) is 17.9. The van der Waals surface area contributed by atoms with Crippen LogP contribution in [0, 0.1) is 0 Å². The minimum Gasteiger partial charge on any atom is -0.337 e. The summed E-state index contributed by atoms with van der Waals surface area (Å²) in [7, 11) is 0. The molecule has 3 aromatic rings. The number of para-hydroxylation sites is 1. The Hall–Kier alpha value is -3.78. The van der Waals surface area contributed by atoms with Gasteiger partial charge in [-0.1, -0.05) is 60.7 Å². The number of piperazine rings is 1. The number of carbonyl (C=O) groups is 2. The van der Waals surface area contributed by atoms with Crippen LogP contribution in [0.1, 0.15) is 23.7 Å². The van der Waals surface area contributed by atoms with Gasteiger partial charge in [0, 0.05) is 37.9 Å². The molecular formula is C26H30N6O2. The third-order valence-corrected chi connectivity index (χ3v) is 5.86. The zero-order valence-electron chi connectivity index (χ0n) is 19.4. The molecule has 0 atom stereocenters. The van der Waals surface area contributed by atoms with Crippen molar-refractivity contribution in [3.63, 3.8) is 0 Å². The van der Waals surface area contributed by atoms with Gasteiger partial charge in [0.05, 0.1) is 19.3 Å². The van der Waals surface area contributed by atoms with Gasteiger partial charge in [-0.3, -0.25) is 14.5 Å². The lowest BCUT2D eigenvalue weighted by Crippen LogP contribution is -2.50. The second kappa shape index (κ2) is 11.4. The molecule has 1 fully saturated rings. The molecule has 176 valence electrons. The molecule has 0 saturated carbocycles. The second-order valence-corrected chi connectivity index (χ2v) is 8.32. The monoisotopic (exact) mass is 458 g/mol. The van der Waals surface area contributed by atoms with Crippen molar-refractivity contribution in [1.29, 1.82) is 0 Å². The van der Waals surface area contributed by atoms with Crippen LogP contribution in [-0.4, -0.2) is 69.3 Å². The van der Waals surface area contributed by atoms with Crippen molar-refractivity contribution in [2.24, 2.45) is 0 Å². The second-order valence-electron chi connectivity index (χ2n) is 8.32. The van der Waals surface area contributed by atoms with Crippen molar-refractivity contribution in [1.82, 2.24) is 24.8 Å². The van der Waals surface area contributed by atoms with Crippen molar-refractivity contribution in [3.8, 4) is 0 Å². The van der Waals surface area contributed by atoms with Crippen LogP contribution in [0.25, 0.3) is 6.08 Å². The predicted octanol–water partition coefficient (Wildman–Crippen LogP) is 2.68. The van der Waals surface area contributed by atoms with Gasteiger partial charge in [-0.15, -0.1) is 5.10 Å². The van der Waals surface area contributed by atoms with Crippen LogP contribution in [-0.2, 0) is 22.6 Å². The molecule has 1 aliphatic rings. The third-order valence-electron chi connectivity index (χ3n) is 5.86. The standard InChI is InChI=1S/C26H30N6O2/c1-2-22-10-6-7-11-24(22)27-25(33)20-30-14-16-31(17-15-30)26(34)13-12-23-19-32(29-28-23)18-21-8-4-3-5-9-21/h3-13,19H,2,14-18,20H2,1H3,(H,27,33)/b13-12+. The number of benzene rings is 2. The Morgan fingerprint density at radius 2 is 1.74 bits per heavy atom. The van der Waals surface area contributed by atoms with Gasteiger partial charge in [-0.2, -0.15) is 0 Å². The third kappa shape index (κ3) is 6.39. The molecule has 0 bridgehead atoms. The summed E-state index contributed by atoms with van der Waals surface area (Å²) in [4.78, 5) is 29.0. The molecule has 2 aromatic carbocycles. The zero-order valence-corrected chi connectivity index (χ0v) is 19.4. The lowest BCUT2D eigenvalue weighted by Gasteiger charge is -2.33. The lowest BCUT2D eigenvalue weighted by atomic mass is 10.1. The minimum atomic E-state index is -0.0569. The highest BCUT2D eigenvalue weighted by Gasteiger charge is 2.21. The fourth-order valence-electron chi connectivity index (χ4n) is 3.97. The minimum absolute atomic E-state index is 0.0286. The van der Waals surface area contributed by atoms with Gasteiger partial charge in [0.25, 0.3) is 0 Å². The first kappa shape index (κ1) is 23.4. The fraction of sp³-hybridized carbons (Fsp3) is 0.308. The van der Waals surface area contributed by atoms with Crippen LogP contribution in [0.15, 0.2) is 66.9 Å². The summed E-state index contributed by atoms with van der Waals surface area (Å²) >= 11 is 0. The Morgan fingerprint density at radius 1 is 1.00 bits per heavy atom. The molecule has 34 heavy (non-hydrogen) atoms. The van der Waals surface area contributed by atoms with E-state index in [1.165, 1.54) is 0 Å². The van der Waals surface area contributed by atoms with E-state index < -0.39 is 0 Å². The molecule has 1 saturated heterocycles. The molecule has 1 N–H and O–H groups in total. The predicted molar refractivity (Wildman–Crippen MR) is 132 cm³/mol. The van der Waals surface area contributed by atoms with E-state index in [1.807, 2.05) is 60.8 Å². The van der Waals surface area contributed by atoms with Gasteiger partial charge in [0.15, 0.2) is 0 Å². The van der Waals surface area contributed by atoms with E-state index in [0.29, 0.717) is 45.0 Å². The van der Waals surface area contributed by atoms with Crippen LogP contribution in [0.5, 0.6) is 0 Å². The summed E-state index contributed by atoms with van der Waals surface area (Å²) in [5.41, 5.74) is 3.78. The van der Waals surface area contributed by atoms with Crippen LogP contribution < -0.4 is 5.32 Å². The van der Waals surface area contributed by atoms with Crippen molar-refractivity contribution < 1.29 is 9.59 Å². The average Bonchev–Trinajstić information content (AvgIpc) is 3.31. The summed E-state index contributed by atoms with van der Waals surface area (Å²) in [5.74, 6) is -0.0854. The number of nitrogens with one attached hydrogen (secondary N) is 1. The smallest absolute Gasteiger partial charge is 0.246 e. The Bertz CT molecular complexity index is 1130. The molecule has 1 aromatic heterocycles. The Balaban J connectivity index is 1.22. The first-order chi connectivity index (χ1) is 16.6. The molecular weight excluding hydrogens is 428 g/mol. The number of hydrogen-bond acceptors (Lipinski definition) is 5. The molecule has 0 spiro atoms. The SMILES string of the molecule is CCc1ccccc1NC(=O)CN1CCN(C(=O)/C=C/c2cn(Cc3ccccc3)nn2)CC1. The zero-order chi connectivity index (χ0) is 23.8. The number of nitrogens with zero attached hydrogens (tertiary/aromatic N) is 5. The summed E-state index contributed by atoms with van der Waals surface area (Å²) in [5, 5.41) is 11.3. The summed E-state index contributed by atoms with van der Waals surface area (Å²) < 4.78 is 1.75. The van der Waals surface area contributed by atoms with E-state index in [1.54, 1.807) is 21.7 Å². The van der Waals surface area contributed by atoms with Gasteiger partial charge < -0.3 is 10.2 Å². The van der Waals surface area contributed by atoms with Gasteiger partial charge in [0.1, 0.15) is 5.69 Å². The number of hydrogen-bond donors (Lipinski definition) is 1. The quantitative estimate of drug-likeness (QED) is 0.525. The molecule has 0 radical (unpaired) electrons. The van der Waals surface area contributed by atoms with Gasteiger partial charge in [-0.25, -0.2) is 4.68 Å². The van der Waals surface area contributed by atoms with Crippen molar-refractivity contribution in [2.45, 2.75) is 19.9 Å². The van der Waals surface area contributed by atoms with Crippen molar-refractivity contribution >= 4 is 23.6 Å². The maximum atomic E-state index is 12.6. The van der Waals surface area contributed by atoms with Gasteiger partial charge >= 0.3 is 0 Å². The molecule has 2 amide bonds. The van der Waals surface area contributed by atoms with Crippen molar-refractivity contribution in [2.75, 3.05) is 38.0 Å². The topological polar surface area (TPSA) is 83.4 Å². The van der Waals surface area contributed by atoms with E-state index in [4.69, 9.17) is 0 Å². The number of rotatable bonds is 8. The molecule has 2 heterocycles. The molecule has 0 aliphatic carbocycles. The number of amides is 2. The number of aryl methyl sites for hydroxylation is 1. The molecule has 8 heteroatoms. The van der Waals surface area contributed by atoms with E-state index >= 15 is 0 Å². The van der Waals surface area contributed by atoms with Crippen LogP contribution in [0.2, 0.25) is 0 Å². The number of carbonyl (C=O) groups excluding carboxylic acids is 2. The maximum Gasteiger partial charge on any atom is 0.246 e. The van der Waals surface area contributed by atoms with E-state index in [-0.39, 0.29) is 11.8 Å². The highest BCUT2D eigenvalue weighted by atomic mass is 16.2. The van der Waals surface area contributed by atoms with Crippen LogP contribution in [0.3, 0.4) is 0 Å². The Kier molecular flexibility index (Phi) is 7.83. The average molecular weight is 459 g/mol. The Labute approximate surface area is 199 Å². The van der Waals surface area contributed by atoms with E-state index in [9.17, 15) is 9.59 Å². The summed E-state index contributed by atoms with van der Waals surface area (Å²) in [6.45, 7) is 5.52. The number of anilines is 1. The fourth-order valence-corrected chi connectivity index (χ4v) is 3.97. The normalized spacial score (nSPS) is 14.4. The molecule has 1 aliphatic heterocycles. The van der Waals surface area contributed by atoms with E-state index in [0.717, 1.165) is 23.2 Å². The number of aromatic nitrogens is 3. The molecule has 0 unspecified atom stereocenters. The maximum absolute atomic E-state index is 12.6. The highest BCUT2D eigenvalue weighted by molar-refractivity contribution is 5.93. The first-order valence-corrected chi connectivity index (χ1v) is 11.6. The van der Waals surface area contributed by atoms with Crippen LogP contribution >= 0.6 is 0 Å². The van der Waals surface area contributed by atoms with Crippen molar-refractivity contribution in [3.05, 3.63) is 83.7 Å². The molecule has 4 rings (SSSR count). The van der Waals surface area contributed by atoms with E-state index in [2.05, 4.69) is 27.5 Å². The first-order valence-electron chi connectivity index (χ1n) is 11.6. The largest absolute Gasteiger partial charge is 0.337 e. The van der Waals surface area contributed by atoms with Gasteiger partial charge in [0.2, 0.25) is 11.8 Å². The molecule has 8 nitrogen and oxygen atoms in total. The lowest BCUT2D eigenvalue weighted by molar-refractivity contribution is -0.127.